The van der Waals surface area contributed by atoms with Crippen molar-refractivity contribution in [2.24, 2.45) is 11.7 Å². The summed E-state index contributed by atoms with van der Waals surface area (Å²) < 4.78 is 0. The molecule has 2 nitrogen and oxygen atoms in total. The van der Waals surface area contributed by atoms with Gasteiger partial charge in [0.1, 0.15) is 0 Å². The second kappa shape index (κ2) is 7.54. The average Bonchev–Trinajstić information content (AvgIpc) is 2.36. The molecule has 2 heteroatoms. The Kier molecular flexibility index (Phi) is 6.36. The second-order valence-electron chi connectivity index (χ2n) is 6.18. The van der Waals surface area contributed by atoms with E-state index in [4.69, 9.17) is 5.73 Å². The number of benzene rings is 1. The molecule has 0 spiro atoms. The van der Waals surface area contributed by atoms with Crippen LogP contribution in [0.3, 0.4) is 0 Å². The van der Waals surface area contributed by atoms with Gasteiger partial charge in [-0.15, -0.1) is 0 Å². The molecule has 0 aromatic heterocycles. The molecular formula is C17H30N2. The molecule has 0 aliphatic heterocycles. The molecule has 1 rings (SSSR count). The van der Waals surface area contributed by atoms with Crippen molar-refractivity contribution in [3.63, 3.8) is 0 Å². The van der Waals surface area contributed by atoms with E-state index in [1.54, 1.807) is 0 Å². The van der Waals surface area contributed by atoms with Gasteiger partial charge in [-0.3, -0.25) is 0 Å². The Hall–Kier alpha value is -1.02. The average molecular weight is 262 g/mol. The van der Waals surface area contributed by atoms with Gasteiger partial charge in [0.05, 0.1) is 0 Å². The van der Waals surface area contributed by atoms with Crippen LogP contribution in [0.1, 0.15) is 46.6 Å². The number of nitrogens with zero attached hydrogens (tertiary/aromatic N) is 1. The first-order valence-corrected chi connectivity index (χ1v) is 7.55. The zero-order chi connectivity index (χ0) is 14.4. The maximum absolute atomic E-state index is 6.01. The molecular weight excluding hydrogens is 232 g/mol. The minimum absolute atomic E-state index is 0.280. The van der Waals surface area contributed by atoms with E-state index in [1.807, 2.05) is 0 Å². The van der Waals surface area contributed by atoms with Crippen LogP contribution in [-0.2, 0) is 6.42 Å². The van der Waals surface area contributed by atoms with E-state index in [2.05, 4.69) is 63.8 Å². The number of hydrogen-bond donors (Lipinski definition) is 1. The zero-order valence-corrected chi connectivity index (χ0v) is 13.2. The topological polar surface area (TPSA) is 29.3 Å². The lowest BCUT2D eigenvalue weighted by Gasteiger charge is -2.31. The van der Waals surface area contributed by atoms with E-state index in [9.17, 15) is 0 Å². The van der Waals surface area contributed by atoms with Crippen LogP contribution in [0, 0.1) is 5.92 Å². The van der Waals surface area contributed by atoms with Crippen LogP contribution in [0.2, 0.25) is 0 Å². The summed E-state index contributed by atoms with van der Waals surface area (Å²) in [5.41, 5.74) is 8.66. The van der Waals surface area contributed by atoms with Gasteiger partial charge in [-0.1, -0.05) is 32.9 Å². The van der Waals surface area contributed by atoms with E-state index < -0.39 is 0 Å². The van der Waals surface area contributed by atoms with Crippen LogP contribution in [-0.4, -0.2) is 18.6 Å². The quantitative estimate of drug-likeness (QED) is 0.809. The van der Waals surface area contributed by atoms with Crippen molar-refractivity contribution >= 4 is 5.69 Å². The standard InChI is InChI=1S/C17H30N2/c1-6-16(18)11-15-7-9-17(10-8-15)19(14(4)5)12-13(2)3/h7-10,13-14,16H,6,11-12,18H2,1-5H3. The van der Waals surface area contributed by atoms with Gasteiger partial charge >= 0.3 is 0 Å². The summed E-state index contributed by atoms with van der Waals surface area (Å²) in [5, 5.41) is 0. The fourth-order valence-electron chi connectivity index (χ4n) is 2.28. The summed E-state index contributed by atoms with van der Waals surface area (Å²) in [5.74, 6) is 0.676. The Labute approximate surface area is 119 Å². The van der Waals surface area contributed by atoms with Gasteiger partial charge in [-0.2, -0.15) is 0 Å². The fourth-order valence-corrected chi connectivity index (χ4v) is 2.28. The van der Waals surface area contributed by atoms with Crippen molar-refractivity contribution in [3.8, 4) is 0 Å². The van der Waals surface area contributed by atoms with Gasteiger partial charge in [-0.05, 0) is 50.3 Å². The van der Waals surface area contributed by atoms with E-state index in [0.717, 1.165) is 19.4 Å². The molecule has 0 saturated carbocycles. The zero-order valence-electron chi connectivity index (χ0n) is 13.2. The molecule has 1 atom stereocenters. The third kappa shape index (κ3) is 5.23. The number of anilines is 1. The van der Waals surface area contributed by atoms with E-state index in [1.165, 1.54) is 11.3 Å². The Balaban J connectivity index is 2.77. The molecule has 19 heavy (non-hydrogen) atoms. The van der Waals surface area contributed by atoms with Crippen LogP contribution < -0.4 is 10.6 Å². The molecule has 1 unspecified atom stereocenters. The summed E-state index contributed by atoms with van der Waals surface area (Å²) in [7, 11) is 0. The highest BCUT2D eigenvalue weighted by Crippen LogP contribution is 2.20. The summed E-state index contributed by atoms with van der Waals surface area (Å²) in [6.45, 7) is 12.3. The Morgan fingerprint density at radius 1 is 1.05 bits per heavy atom. The molecule has 0 aliphatic rings. The molecule has 2 N–H and O–H groups in total. The molecule has 0 amide bonds. The van der Waals surface area contributed by atoms with Crippen molar-refractivity contribution < 1.29 is 0 Å². The van der Waals surface area contributed by atoms with Crippen LogP contribution >= 0.6 is 0 Å². The molecule has 1 aromatic carbocycles. The lowest BCUT2D eigenvalue weighted by molar-refractivity contribution is 0.571. The first-order valence-electron chi connectivity index (χ1n) is 7.55. The van der Waals surface area contributed by atoms with Crippen molar-refractivity contribution in [2.75, 3.05) is 11.4 Å². The van der Waals surface area contributed by atoms with Crippen molar-refractivity contribution in [2.45, 2.75) is 59.5 Å². The van der Waals surface area contributed by atoms with Gasteiger partial charge in [0.2, 0.25) is 0 Å². The summed E-state index contributed by atoms with van der Waals surface area (Å²) in [6, 6.07) is 9.73. The van der Waals surface area contributed by atoms with Crippen molar-refractivity contribution in [1.82, 2.24) is 0 Å². The maximum atomic E-state index is 6.01. The number of rotatable bonds is 7. The normalized spacial score (nSPS) is 13.1. The molecule has 1 aromatic rings. The van der Waals surface area contributed by atoms with Crippen LogP contribution in [0.25, 0.3) is 0 Å². The predicted molar refractivity (Wildman–Crippen MR) is 85.7 cm³/mol. The summed E-state index contributed by atoms with van der Waals surface area (Å²) >= 11 is 0. The minimum atomic E-state index is 0.280. The third-order valence-corrected chi connectivity index (χ3v) is 3.48. The SMILES string of the molecule is CCC(N)Cc1ccc(N(CC(C)C)C(C)C)cc1. The van der Waals surface area contributed by atoms with Gasteiger partial charge < -0.3 is 10.6 Å². The summed E-state index contributed by atoms with van der Waals surface area (Å²) in [4.78, 5) is 2.47. The molecule has 0 bridgehead atoms. The lowest BCUT2D eigenvalue weighted by atomic mass is 10.0. The summed E-state index contributed by atoms with van der Waals surface area (Å²) in [6.07, 6.45) is 2.01. The fraction of sp³-hybridized carbons (Fsp3) is 0.647. The van der Waals surface area contributed by atoms with Gasteiger partial charge in [-0.25, -0.2) is 0 Å². The smallest absolute Gasteiger partial charge is 0.0368 e. The van der Waals surface area contributed by atoms with Crippen molar-refractivity contribution in [1.29, 1.82) is 0 Å². The second-order valence-corrected chi connectivity index (χ2v) is 6.18. The molecule has 0 fully saturated rings. The lowest BCUT2D eigenvalue weighted by Crippen LogP contribution is -2.34. The molecule has 108 valence electrons. The first kappa shape index (κ1) is 16.0. The molecule has 0 saturated heterocycles. The van der Waals surface area contributed by atoms with Gasteiger partial charge in [0.25, 0.3) is 0 Å². The van der Waals surface area contributed by atoms with Crippen molar-refractivity contribution in [3.05, 3.63) is 29.8 Å². The molecule has 0 aliphatic carbocycles. The Morgan fingerprint density at radius 2 is 1.63 bits per heavy atom. The predicted octanol–water partition coefficient (Wildman–Crippen LogP) is 3.84. The van der Waals surface area contributed by atoms with Crippen LogP contribution in [0.5, 0.6) is 0 Å². The van der Waals surface area contributed by atoms with E-state index in [-0.39, 0.29) is 6.04 Å². The Bertz CT molecular complexity index is 354. The largest absolute Gasteiger partial charge is 0.369 e. The number of hydrogen-bond acceptors (Lipinski definition) is 2. The van der Waals surface area contributed by atoms with E-state index in [0.29, 0.717) is 12.0 Å². The molecule has 0 heterocycles. The monoisotopic (exact) mass is 262 g/mol. The molecule has 0 radical (unpaired) electrons. The van der Waals surface area contributed by atoms with Gasteiger partial charge in [0, 0.05) is 24.3 Å². The van der Waals surface area contributed by atoms with E-state index >= 15 is 0 Å². The van der Waals surface area contributed by atoms with Gasteiger partial charge in [0.15, 0.2) is 0 Å². The first-order chi connectivity index (χ1) is 8.93. The Morgan fingerprint density at radius 3 is 2.05 bits per heavy atom. The highest BCUT2D eigenvalue weighted by Gasteiger charge is 2.12. The van der Waals surface area contributed by atoms with Crippen LogP contribution in [0.15, 0.2) is 24.3 Å². The number of nitrogens with two attached hydrogens (primary N) is 1. The maximum Gasteiger partial charge on any atom is 0.0368 e. The highest BCUT2D eigenvalue weighted by atomic mass is 15.1. The third-order valence-electron chi connectivity index (χ3n) is 3.48. The van der Waals surface area contributed by atoms with Crippen LogP contribution in [0.4, 0.5) is 5.69 Å². The minimum Gasteiger partial charge on any atom is -0.369 e. The highest BCUT2D eigenvalue weighted by molar-refractivity contribution is 5.48.